The molecular weight excluding hydrogens is 296 g/mol. The number of hydrogen-bond donors (Lipinski definition) is 3. The van der Waals surface area contributed by atoms with Gasteiger partial charge in [0, 0.05) is 16.9 Å². The fraction of sp³-hybridized carbons (Fsp3) is 0. The first-order valence-corrected chi connectivity index (χ1v) is 7.10. The molecule has 0 saturated carbocycles. The van der Waals surface area contributed by atoms with Crippen molar-refractivity contribution in [3.63, 3.8) is 0 Å². The van der Waals surface area contributed by atoms with Crippen LogP contribution in [0.25, 0.3) is 11.1 Å². The Morgan fingerprint density at radius 3 is 2.29 bits per heavy atom. The van der Waals surface area contributed by atoms with Crippen LogP contribution in [0.3, 0.4) is 0 Å². The number of carbonyl (C=O) groups is 1. The van der Waals surface area contributed by atoms with E-state index in [1.165, 1.54) is 12.1 Å². The molecule has 2 rings (SSSR count). The summed E-state index contributed by atoms with van der Waals surface area (Å²) in [5.74, 6) is -1.27. The molecule has 7 nitrogen and oxygen atoms in total. The van der Waals surface area contributed by atoms with Crippen LogP contribution < -0.4 is 11.5 Å². The van der Waals surface area contributed by atoms with Crippen LogP contribution in [0.15, 0.2) is 42.5 Å². The lowest BCUT2D eigenvalue weighted by atomic mass is 9.97. The molecule has 0 aliphatic rings. The van der Waals surface area contributed by atoms with Gasteiger partial charge in [-0.1, -0.05) is 30.3 Å². The van der Waals surface area contributed by atoms with Crippen LogP contribution in [0, 0.1) is 0 Å². The minimum Gasteiger partial charge on any atom is -0.399 e. The second-order valence-electron chi connectivity index (χ2n) is 4.20. The number of rotatable bonds is 3. The van der Waals surface area contributed by atoms with E-state index in [0.717, 1.165) is 0 Å². The van der Waals surface area contributed by atoms with Gasteiger partial charge in [0.25, 0.3) is 0 Å². The number of anilines is 2. The Morgan fingerprint density at radius 1 is 1.10 bits per heavy atom. The zero-order chi connectivity index (χ0) is 15.6. The lowest BCUT2D eigenvalue weighted by molar-refractivity contribution is 0.0728. The number of hydrogen-bond acceptors (Lipinski definition) is 6. The van der Waals surface area contributed by atoms with E-state index in [0.29, 0.717) is 5.56 Å². The van der Waals surface area contributed by atoms with E-state index in [1.807, 2.05) is 0 Å². The molecule has 0 heterocycles. The Balaban J connectivity index is 2.62. The van der Waals surface area contributed by atoms with Crippen molar-refractivity contribution in [2.45, 2.75) is 0 Å². The van der Waals surface area contributed by atoms with E-state index in [-0.39, 0.29) is 22.5 Å². The van der Waals surface area contributed by atoms with Gasteiger partial charge >= 0.3 is 16.4 Å². The molecule has 0 unspecified atom stereocenters. The highest BCUT2D eigenvalue weighted by molar-refractivity contribution is 7.81. The Bertz CT molecular complexity index is 788. The molecule has 0 spiro atoms. The van der Waals surface area contributed by atoms with Gasteiger partial charge in [0.05, 0.1) is 5.56 Å². The first kappa shape index (κ1) is 14.8. The molecule has 0 aromatic heterocycles. The van der Waals surface area contributed by atoms with Gasteiger partial charge in [0.2, 0.25) is 0 Å². The van der Waals surface area contributed by atoms with Crippen molar-refractivity contribution in [3.05, 3.63) is 48.0 Å². The Kier molecular flexibility index (Phi) is 3.83. The summed E-state index contributed by atoms with van der Waals surface area (Å²) in [4.78, 5) is 11.9. The van der Waals surface area contributed by atoms with Gasteiger partial charge in [-0.25, -0.2) is 4.79 Å². The Hall–Kier alpha value is -2.58. The highest BCUT2D eigenvalue weighted by atomic mass is 32.3. The maximum atomic E-state index is 11.9. The summed E-state index contributed by atoms with van der Waals surface area (Å²) in [7, 11) is -4.93. The lowest BCUT2D eigenvalue weighted by Crippen LogP contribution is -2.14. The van der Waals surface area contributed by atoms with Gasteiger partial charge in [0.15, 0.2) is 0 Å². The third kappa shape index (κ3) is 3.50. The molecule has 0 fully saturated rings. The summed E-state index contributed by atoms with van der Waals surface area (Å²) in [6.45, 7) is 0. The van der Waals surface area contributed by atoms with E-state index < -0.39 is 16.4 Å². The molecule has 0 atom stereocenters. The van der Waals surface area contributed by atoms with E-state index >= 15 is 0 Å². The highest BCUT2D eigenvalue weighted by Gasteiger charge is 2.22. The van der Waals surface area contributed by atoms with Crippen LogP contribution in [0.5, 0.6) is 0 Å². The van der Waals surface area contributed by atoms with Crippen molar-refractivity contribution in [2.75, 3.05) is 11.5 Å². The highest BCUT2D eigenvalue weighted by Crippen LogP contribution is 2.32. The first-order valence-electron chi connectivity index (χ1n) is 5.73. The smallest absolute Gasteiger partial charge is 0.399 e. The molecule has 0 amide bonds. The molecule has 2 aromatic carbocycles. The molecule has 0 saturated heterocycles. The van der Waals surface area contributed by atoms with Crippen molar-refractivity contribution < 1.29 is 21.9 Å². The lowest BCUT2D eigenvalue weighted by Gasteiger charge is -2.12. The molecule has 0 radical (unpaired) electrons. The zero-order valence-corrected chi connectivity index (χ0v) is 11.5. The average molecular weight is 308 g/mol. The normalized spacial score (nSPS) is 11.1. The van der Waals surface area contributed by atoms with E-state index in [2.05, 4.69) is 4.18 Å². The fourth-order valence-corrected chi connectivity index (χ4v) is 2.20. The summed E-state index contributed by atoms with van der Waals surface area (Å²) in [5.41, 5.74) is 12.5. The van der Waals surface area contributed by atoms with E-state index in [9.17, 15) is 13.2 Å². The van der Waals surface area contributed by atoms with Gasteiger partial charge < -0.3 is 15.7 Å². The van der Waals surface area contributed by atoms with Gasteiger partial charge in [-0.15, -0.1) is 0 Å². The third-order valence-electron chi connectivity index (χ3n) is 2.65. The van der Waals surface area contributed by atoms with Crippen molar-refractivity contribution in [1.82, 2.24) is 0 Å². The van der Waals surface area contributed by atoms with Crippen LogP contribution in [0.4, 0.5) is 11.4 Å². The summed E-state index contributed by atoms with van der Waals surface area (Å²) in [6, 6.07) is 11.3. The molecular formula is C13H12N2O5S. The maximum absolute atomic E-state index is 11.9. The van der Waals surface area contributed by atoms with Crippen LogP contribution in [0.2, 0.25) is 0 Å². The number of nitrogens with two attached hydrogens (primary N) is 2. The zero-order valence-electron chi connectivity index (χ0n) is 10.7. The number of nitrogen functional groups attached to an aromatic ring is 2. The SMILES string of the molecule is Nc1cc(N)c(-c2ccccc2)c(C(=O)OS(=O)(=O)O)c1. The Morgan fingerprint density at radius 2 is 1.71 bits per heavy atom. The fourth-order valence-electron chi connectivity index (χ4n) is 1.92. The van der Waals surface area contributed by atoms with Gasteiger partial charge in [-0.2, -0.15) is 8.42 Å². The first-order chi connectivity index (χ1) is 9.78. The molecule has 0 bridgehead atoms. The second-order valence-corrected chi connectivity index (χ2v) is 5.22. The summed E-state index contributed by atoms with van der Waals surface area (Å²) in [6.07, 6.45) is 0. The molecule has 0 aliphatic carbocycles. The molecule has 5 N–H and O–H groups in total. The average Bonchev–Trinajstić information content (AvgIpc) is 2.36. The summed E-state index contributed by atoms with van der Waals surface area (Å²) < 4.78 is 34.0. The third-order valence-corrected chi connectivity index (χ3v) is 3.02. The predicted octanol–water partition coefficient (Wildman–Crippen LogP) is 1.48. The molecule has 8 heteroatoms. The molecule has 2 aromatic rings. The quantitative estimate of drug-likeness (QED) is 0.577. The molecule has 110 valence electrons. The summed E-state index contributed by atoms with van der Waals surface area (Å²) in [5, 5.41) is 0. The largest absolute Gasteiger partial charge is 0.449 e. The maximum Gasteiger partial charge on any atom is 0.449 e. The Labute approximate surface area is 121 Å². The van der Waals surface area contributed by atoms with Gasteiger partial charge in [-0.05, 0) is 17.7 Å². The minimum absolute atomic E-state index is 0.156. The van der Waals surface area contributed by atoms with Crippen molar-refractivity contribution >= 4 is 27.7 Å². The van der Waals surface area contributed by atoms with Gasteiger partial charge in [-0.3, -0.25) is 4.55 Å². The van der Waals surface area contributed by atoms with Crippen LogP contribution >= 0.6 is 0 Å². The van der Waals surface area contributed by atoms with Crippen LogP contribution in [-0.4, -0.2) is 18.9 Å². The standard InChI is InChI=1S/C13H12N2O5S/c14-9-6-10(13(16)20-21(17,18)19)12(11(15)7-9)8-4-2-1-3-5-8/h1-7H,14-15H2,(H,17,18,19). The van der Waals surface area contributed by atoms with Crippen LogP contribution in [0.1, 0.15) is 10.4 Å². The van der Waals surface area contributed by atoms with E-state index in [1.54, 1.807) is 30.3 Å². The monoisotopic (exact) mass is 308 g/mol. The minimum atomic E-state index is -4.93. The van der Waals surface area contributed by atoms with Crippen molar-refractivity contribution in [2.24, 2.45) is 0 Å². The van der Waals surface area contributed by atoms with Gasteiger partial charge in [0.1, 0.15) is 0 Å². The van der Waals surface area contributed by atoms with Crippen molar-refractivity contribution in [3.8, 4) is 11.1 Å². The van der Waals surface area contributed by atoms with Crippen LogP contribution in [-0.2, 0) is 14.6 Å². The predicted molar refractivity (Wildman–Crippen MR) is 77.7 cm³/mol. The second kappa shape index (κ2) is 5.43. The molecule has 21 heavy (non-hydrogen) atoms. The topological polar surface area (TPSA) is 133 Å². The van der Waals surface area contributed by atoms with Crippen molar-refractivity contribution in [1.29, 1.82) is 0 Å². The molecule has 0 aliphatic heterocycles. The summed E-state index contributed by atoms with van der Waals surface area (Å²) >= 11 is 0. The number of carbonyl (C=O) groups excluding carboxylic acids is 1. The van der Waals surface area contributed by atoms with E-state index in [4.69, 9.17) is 16.0 Å². The number of benzene rings is 2.